The molecule has 0 radical (unpaired) electrons. The van der Waals surface area contributed by atoms with Gasteiger partial charge in [0.15, 0.2) is 12.3 Å². The number of nitrogens with zero attached hydrogens (tertiary/aromatic N) is 2. The largest absolute Gasteiger partial charge is 0.482 e. The van der Waals surface area contributed by atoms with Gasteiger partial charge < -0.3 is 20.4 Å². The van der Waals surface area contributed by atoms with Crippen LogP contribution in [0.15, 0.2) is 59.9 Å². The van der Waals surface area contributed by atoms with E-state index in [1.54, 1.807) is 18.2 Å². The molecule has 4 aromatic rings. The number of halogens is 1. The van der Waals surface area contributed by atoms with Gasteiger partial charge in [-0.1, -0.05) is 6.07 Å². The van der Waals surface area contributed by atoms with Crippen LogP contribution in [0.2, 0.25) is 0 Å². The van der Waals surface area contributed by atoms with E-state index in [1.807, 2.05) is 0 Å². The van der Waals surface area contributed by atoms with E-state index in [0.717, 1.165) is 30.6 Å². The molecule has 0 fully saturated rings. The molecule has 2 aromatic heterocycles. The van der Waals surface area contributed by atoms with Crippen LogP contribution in [0.4, 0.5) is 15.8 Å². The Morgan fingerprint density at radius 2 is 1.94 bits per heavy atom. The molecule has 2 amide bonds. The molecular weight excluding hydrogens is 479 g/mol. The third kappa shape index (κ3) is 4.48. The number of aromatic amines is 1. The highest BCUT2D eigenvalue weighted by Crippen LogP contribution is 2.29. The summed E-state index contributed by atoms with van der Waals surface area (Å²) in [5.41, 5.74) is 1.76. The van der Waals surface area contributed by atoms with Gasteiger partial charge in [-0.05, 0) is 42.0 Å². The van der Waals surface area contributed by atoms with E-state index in [2.05, 4.69) is 30.3 Å². The van der Waals surface area contributed by atoms with E-state index >= 15 is 0 Å². The Kier molecular flexibility index (Phi) is 5.53. The number of hydrogen-bond acceptors (Lipinski definition) is 7. The average Bonchev–Trinajstić information content (AvgIpc) is 3.24. The highest BCUT2D eigenvalue weighted by atomic mass is 32.2. The standard InChI is InChI=1S/C22H17FN6O5S/c23-13-2-4-14(5-3-13)35(32,33)29-16-9-24-20-19(16)26-11-27-21(20)22(31)25-8-12-1-6-17-15(7-12)28-18(30)10-34-17/h1-7,9,11,24,29H,8,10H2,(H,25,31)(H,28,30). The van der Waals surface area contributed by atoms with Gasteiger partial charge in [0.05, 0.1) is 21.8 Å². The molecule has 0 aliphatic carbocycles. The summed E-state index contributed by atoms with van der Waals surface area (Å²) in [6, 6.07) is 9.50. The molecule has 0 saturated carbocycles. The predicted octanol–water partition coefficient (Wildman–Crippen LogP) is 2.16. The Hall–Kier alpha value is -4.52. The molecule has 0 saturated heterocycles. The minimum Gasteiger partial charge on any atom is -0.482 e. The van der Waals surface area contributed by atoms with Gasteiger partial charge in [0.1, 0.15) is 23.4 Å². The lowest BCUT2D eigenvalue weighted by Gasteiger charge is -2.18. The number of carbonyl (C=O) groups is 2. The van der Waals surface area contributed by atoms with Crippen molar-refractivity contribution in [1.82, 2.24) is 20.3 Å². The van der Waals surface area contributed by atoms with Gasteiger partial charge in [0, 0.05) is 12.7 Å². The van der Waals surface area contributed by atoms with Gasteiger partial charge in [-0.15, -0.1) is 0 Å². The van der Waals surface area contributed by atoms with E-state index in [9.17, 15) is 22.4 Å². The van der Waals surface area contributed by atoms with E-state index in [1.165, 1.54) is 6.20 Å². The van der Waals surface area contributed by atoms with Crippen LogP contribution < -0.4 is 20.1 Å². The Bertz CT molecular complexity index is 1570. The quantitative estimate of drug-likeness (QED) is 0.319. The zero-order chi connectivity index (χ0) is 24.6. The summed E-state index contributed by atoms with van der Waals surface area (Å²) < 4.78 is 46.1. The molecule has 35 heavy (non-hydrogen) atoms. The molecule has 11 nitrogen and oxygen atoms in total. The zero-order valence-corrected chi connectivity index (χ0v) is 18.6. The number of aromatic nitrogens is 3. The number of hydrogen-bond donors (Lipinski definition) is 4. The molecule has 2 aromatic carbocycles. The number of fused-ring (bicyclic) bond motifs is 2. The Labute approximate surface area is 197 Å². The Balaban J connectivity index is 1.34. The first-order chi connectivity index (χ1) is 16.8. The first kappa shape index (κ1) is 22.3. The van der Waals surface area contributed by atoms with Gasteiger partial charge >= 0.3 is 0 Å². The van der Waals surface area contributed by atoms with Gasteiger partial charge in [-0.2, -0.15) is 0 Å². The number of ether oxygens (including phenoxy) is 1. The van der Waals surface area contributed by atoms with Crippen molar-refractivity contribution in [3.05, 3.63) is 72.1 Å². The maximum atomic E-state index is 13.1. The fourth-order valence-electron chi connectivity index (χ4n) is 3.51. The van der Waals surface area contributed by atoms with Crippen LogP contribution in [-0.2, 0) is 21.4 Å². The lowest BCUT2D eigenvalue weighted by Crippen LogP contribution is -2.26. The first-order valence-corrected chi connectivity index (χ1v) is 11.7. The van der Waals surface area contributed by atoms with Crippen LogP contribution in [0.1, 0.15) is 16.1 Å². The molecule has 0 unspecified atom stereocenters. The second kappa shape index (κ2) is 8.68. The van der Waals surface area contributed by atoms with Crippen molar-refractivity contribution in [1.29, 1.82) is 0 Å². The third-order valence-electron chi connectivity index (χ3n) is 5.18. The van der Waals surface area contributed by atoms with Crippen LogP contribution in [-0.4, -0.2) is 41.8 Å². The molecule has 0 spiro atoms. The molecule has 13 heteroatoms. The minimum atomic E-state index is -4.02. The fraction of sp³-hybridized carbons (Fsp3) is 0.0909. The van der Waals surface area contributed by atoms with Gasteiger partial charge in [0.25, 0.3) is 21.8 Å². The molecule has 5 rings (SSSR count). The second-order valence-electron chi connectivity index (χ2n) is 7.56. The molecule has 3 heterocycles. The molecular formula is C22H17FN6O5S. The second-order valence-corrected chi connectivity index (χ2v) is 9.24. The number of H-pyrrole nitrogens is 1. The molecule has 1 aliphatic heterocycles. The van der Waals surface area contributed by atoms with Crippen molar-refractivity contribution in [3.8, 4) is 5.75 Å². The van der Waals surface area contributed by atoms with Gasteiger partial charge in [-0.3, -0.25) is 14.3 Å². The highest BCUT2D eigenvalue weighted by molar-refractivity contribution is 7.92. The van der Waals surface area contributed by atoms with E-state index in [-0.39, 0.29) is 46.4 Å². The smallest absolute Gasteiger partial charge is 0.272 e. The normalized spacial score (nSPS) is 13.0. The van der Waals surface area contributed by atoms with E-state index in [0.29, 0.717) is 17.0 Å². The lowest BCUT2D eigenvalue weighted by atomic mass is 10.1. The van der Waals surface area contributed by atoms with Crippen LogP contribution in [0.3, 0.4) is 0 Å². The van der Waals surface area contributed by atoms with Crippen LogP contribution in [0.5, 0.6) is 5.75 Å². The third-order valence-corrected chi connectivity index (χ3v) is 6.56. The lowest BCUT2D eigenvalue weighted by molar-refractivity contribution is -0.118. The van der Waals surface area contributed by atoms with Gasteiger partial charge in [0.2, 0.25) is 0 Å². The SMILES string of the molecule is O=C1COc2ccc(CNC(=O)c3ncnc4c(NS(=O)(=O)c5ccc(F)cc5)c[nH]c34)cc2N1. The summed E-state index contributed by atoms with van der Waals surface area (Å²) in [4.78, 5) is 35.2. The highest BCUT2D eigenvalue weighted by Gasteiger charge is 2.21. The van der Waals surface area contributed by atoms with Gasteiger partial charge in [-0.25, -0.2) is 22.8 Å². The number of rotatable bonds is 6. The molecule has 1 aliphatic rings. The molecule has 0 bridgehead atoms. The van der Waals surface area contributed by atoms with Crippen molar-refractivity contribution >= 4 is 44.2 Å². The fourth-order valence-corrected chi connectivity index (χ4v) is 4.57. The minimum absolute atomic E-state index is 0.0110. The van der Waals surface area contributed by atoms with Crippen molar-refractivity contribution < 1.29 is 27.1 Å². The first-order valence-electron chi connectivity index (χ1n) is 10.2. The summed E-state index contributed by atoms with van der Waals surface area (Å²) in [5, 5.41) is 5.44. The van der Waals surface area contributed by atoms with Crippen LogP contribution >= 0.6 is 0 Å². The number of anilines is 2. The topological polar surface area (TPSA) is 155 Å². The summed E-state index contributed by atoms with van der Waals surface area (Å²) in [7, 11) is -4.02. The Morgan fingerprint density at radius 3 is 2.74 bits per heavy atom. The molecule has 4 N–H and O–H groups in total. The maximum absolute atomic E-state index is 13.1. The number of carbonyl (C=O) groups excluding carboxylic acids is 2. The van der Waals surface area contributed by atoms with Crippen LogP contribution in [0.25, 0.3) is 11.0 Å². The van der Waals surface area contributed by atoms with Crippen LogP contribution in [0, 0.1) is 5.82 Å². The van der Waals surface area contributed by atoms with Crippen molar-refractivity contribution in [2.24, 2.45) is 0 Å². The average molecular weight is 496 g/mol. The van der Waals surface area contributed by atoms with Crippen molar-refractivity contribution in [3.63, 3.8) is 0 Å². The zero-order valence-electron chi connectivity index (χ0n) is 17.8. The summed E-state index contributed by atoms with van der Waals surface area (Å²) >= 11 is 0. The van der Waals surface area contributed by atoms with E-state index in [4.69, 9.17) is 4.74 Å². The molecule has 0 atom stereocenters. The van der Waals surface area contributed by atoms with E-state index < -0.39 is 21.7 Å². The van der Waals surface area contributed by atoms with Crippen molar-refractivity contribution in [2.75, 3.05) is 16.6 Å². The predicted molar refractivity (Wildman–Crippen MR) is 123 cm³/mol. The summed E-state index contributed by atoms with van der Waals surface area (Å²) in [6.45, 7) is 0.0865. The van der Waals surface area contributed by atoms with Crippen molar-refractivity contribution in [2.45, 2.75) is 11.4 Å². The number of nitrogens with one attached hydrogen (secondary N) is 4. The summed E-state index contributed by atoms with van der Waals surface area (Å²) in [5.74, 6) is -0.808. The number of benzene rings is 2. The monoisotopic (exact) mass is 496 g/mol. The number of sulfonamides is 1. The summed E-state index contributed by atoms with van der Waals surface area (Å²) in [6.07, 6.45) is 2.50. The maximum Gasteiger partial charge on any atom is 0.272 e. The Morgan fingerprint density at radius 1 is 1.14 bits per heavy atom. The molecule has 178 valence electrons. The number of amides is 2.